The van der Waals surface area contributed by atoms with Crippen molar-refractivity contribution >= 4 is 22.8 Å². The first-order valence-corrected chi connectivity index (χ1v) is 5.56. The number of nitrogens with one attached hydrogen (secondary N) is 2. The first-order chi connectivity index (χ1) is 9.47. The van der Waals surface area contributed by atoms with E-state index in [9.17, 15) is 19.2 Å². The molecule has 0 aliphatic carbocycles. The van der Waals surface area contributed by atoms with Crippen LogP contribution in [0.2, 0.25) is 0 Å². The van der Waals surface area contributed by atoms with Crippen molar-refractivity contribution in [2.24, 2.45) is 0 Å². The van der Waals surface area contributed by atoms with Gasteiger partial charge >= 0.3 is 17.1 Å². The summed E-state index contributed by atoms with van der Waals surface area (Å²) in [5, 5.41) is 8.39. The predicted molar refractivity (Wildman–Crippen MR) is 68.0 cm³/mol. The number of Topliss-reactive ketones (excluding diaryl/α,β-unsaturated/α-hetero) is 1. The Morgan fingerprint density at radius 3 is 2.35 bits per heavy atom. The van der Waals surface area contributed by atoms with Gasteiger partial charge in [0.25, 0.3) is 0 Å². The number of carbonyl (C=O) groups is 2. The molecule has 3 N–H and O–H groups in total. The summed E-state index contributed by atoms with van der Waals surface area (Å²) >= 11 is 0. The number of aromatic nitrogens is 2. The van der Waals surface area contributed by atoms with Crippen molar-refractivity contribution in [1.29, 1.82) is 0 Å². The third kappa shape index (κ3) is 2.98. The second-order valence-corrected chi connectivity index (χ2v) is 3.98. The monoisotopic (exact) mass is 278 g/mol. The van der Waals surface area contributed by atoms with Gasteiger partial charge in [-0.25, -0.2) is 4.79 Å². The fraction of sp³-hybridized carbons (Fsp3) is 0.167. The van der Waals surface area contributed by atoms with Crippen LogP contribution in [0.5, 0.6) is 0 Å². The van der Waals surface area contributed by atoms with Gasteiger partial charge in [0.2, 0.25) is 0 Å². The number of hydrogen-bond donors (Lipinski definition) is 3. The van der Waals surface area contributed by atoms with Gasteiger partial charge in [-0.3, -0.25) is 14.4 Å². The van der Waals surface area contributed by atoms with E-state index in [0.29, 0.717) is 11.0 Å². The van der Waals surface area contributed by atoms with E-state index in [2.05, 4.69) is 14.7 Å². The summed E-state index contributed by atoms with van der Waals surface area (Å²) in [5.41, 5.74) is -0.660. The third-order valence-corrected chi connectivity index (χ3v) is 2.50. The number of ketones is 1. The minimum absolute atomic E-state index is 0.241. The molecule has 2 rings (SSSR count). The normalized spacial score (nSPS) is 10.6. The molecule has 20 heavy (non-hydrogen) atoms. The summed E-state index contributed by atoms with van der Waals surface area (Å²) in [4.78, 5) is 49.0. The molecule has 0 saturated heterocycles. The van der Waals surface area contributed by atoms with Crippen LogP contribution >= 0.6 is 0 Å². The Labute approximate surface area is 111 Å². The van der Waals surface area contributed by atoms with E-state index in [1.165, 1.54) is 18.2 Å². The fourth-order valence-electron chi connectivity index (χ4n) is 1.60. The molecular weight excluding hydrogens is 268 g/mol. The lowest BCUT2D eigenvalue weighted by Gasteiger charge is -2.03. The summed E-state index contributed by atoms with van der Waals surface area (Å²) in [5.74, 6) is -1.60. The molecule has 1 aromatic heterocycles. The predicted octanol–water partition coefficient (Wildman–Crippen LogP) is -0.500. The Morgan fingerprint density at radius 2 is 1.70 bits per heavy atom. The Kier molecular flexibility index (Phi) is 3.76. The Hall–Kier alpha value is -2.74. The molecule has 0 aliphatic heterocycles. The highest BCUT2D eigenvalue weighted by Crippen LogP contribution is 2.10. The number of fused-ring (bicyclic) bond motifs is 1. The molecule has 0 atom stereocenters. The van der Waals surface area contributed by atoms with Gasteiger partial charge in [-0.2, -0.15) is 0 Å². The van der Waals surface area contributed by atoms with Crippen molar-refractivity contribution in [3.63, 3.8) is 0 Å². The highest BCUT2D eigenvalue weighted by atomic mass is 16.5. The summed E-state index contributed by atoms with van der Waals surface area (Å²) in [6, 6.07) is 4.30. The number of carbonyl (C=O) groups excluding carboxylic acids is 1. The van der Waals surface area contributed by atoms with Crippen molar-refractivity contribution in [3.05, 3.63) is 44.5 Å². The van der Waals surface area contributed by atoms with E-state index in [0.717, 1.165) is 0 Å². The van der Waals surface area contributed by atoms with Crippen molar-refractivity contribution in [2.45, 2.75) is 0 Å². The van der Waals surface area contributed by atoms with Crippen molar-refractivity contribution in [1.82, 2.24) is 9.97 Å². The molecule has 8 nitrogen and oxygen atoms in total. The maximum atomic E-state index is 11.7. The largest absolute Gasteiger partial charge is 0.480 e. The Morgan fingerprint density at radius 1 is 1.05 bits per heavy atom. The van der Waals surface area contributed by atoms with Crippen LogP contribution in [0.25, 0.3) is 11.0 Å². The molecule has 104 valence electrons. The maximum absolute atomic E-state index is 11.7. The zero-order valence-electron chi connectivity index (χ0n) is 10.1. The minimum atomic E-state index is -1.17. The molecule has 0 saturated carbocycles. The Balaban J connectivity index is 2.25. The third-order valence-electron chi connectivity index (χ3n) is 2.50. The van der Waals surface area contributed by atoms with Crippen LogP contribution < -0.4 is 11.1 Å². The van der Waals surface area contributed by atoms with Crippen LogP contribution in [0.1, 0.15) is 10.4 Å². The van der Waals surface area contributed by atoms with Gasteiger partial charge in [0.1, 0.15) is 13.2 Å². The van der Waals surface area contributed by atoms with E-state index in [-0.39, 0.29) is 12.2 Å². The first-order valence-electron chi connectivity index (χ1n) is 5.56. The van der Waals surface area contributed by atoms with Gasteiger partial charge in [-0.1, -0.05) is 0 Å². The molecule has 2 aromatic rings. The second kappa shape index (κ2) is 5.49. The molecule has 0 fully saturated rings. The molecule has 1 heterocycles. The molecule has 0 amide bonds. The SMILES string of the molecule is O=C(O)COCC(=O)c1ccc2[nH]c(=O)c(=O)[nH]c2c1. The smallest absolute Gasteiger partial charge is 0.329 e. The van der Waals surface area contributed by atoms with Crippen LogP contribution in [-0.2, 0) is 9.53 Å². The van der Waals surface area contributed by atoms with Crippen LogP contribution in [0.3, 0.4) is 0 Å². The van der Waals surface area contributed by atoms with E-state index in [4.69, 9.17) is 5.11 Å². The van der Waals surface area contributed by atoms with Gasteiger partial charge in [0.05, 0.1) is 11.0 Å². The second-order valence-electron chi connectivity index (χ2n) is 3.98. The highest BCUT2D eigenvalue weighted by Gasteiger charge is 2.09. The first kappa shape index (κ1) is 13.7. The summed E-state index contributed by atoms with van der Waals surface area (Å²) in [6.07, 6.45) is 0. The van der Waals surface area contributed by atoms with Crippen LogP contribution in [0.4, 0.5) is 0 Å². The lowest BCUT2D eigenvalue weighted by atomic mass is 10.1. The standard InChI is InChI=1S/C12H10N2O6/c15-9(4-20-5-10(16)17)6-1-2-7-8(3-6)14-12(19)11(18)13-7/h1-3H,4-5H2,(H,13,18)(H,14,19)(H,16,17). The zero-order valence-corrected chi connectivity index (χ0v) is 10.1. The summed E-state index contributed by atoms with van der Waals surface area (Å²) < 4.78 is 4.69. The number of aromatic amines is 2. The van der Waals surface area contributed by atoms with Gasteiger partial charge < -0.3 is 19.8 Å². The maximum Gasteiger partial charge on any atom is 0.329 e. The average Bonchev–Trinajstić information content (AvgIpc) is 2.39. The van der Waals surface area contributed by atoms with Gasteiger partial charge in [0, 0.05) is 5.56 Å². The molecule has 0 spiro atoms. The number of aliphatic carboxylic acids is 1. The summed E-state index contributed by atoms with van der Waals surface area (Å²) in [7, 11) is 0. The number of hydrogen-bond acceptors (Lipinski definition) is 5. The average molecular weight is 278 g/mol. The highest BCUT2D eigenvalue weighted by molar-refractivity contribution is 5.99. The van der Waals surface area contributed by atoms with Crippen LogP contribution in [0, 0.1) is 0 Å². The van der Waals surface area contributed by atoms with Gasteiger partial charge in [-0.05, 0) is 18.2 Å². The van der Waals surface area contributed by atoms with Crippen LogP contribution in [-0.4, -0.2) is 40.0 Å². The topological polar surface area (TPSA) is 129 Å². The number of H-pyrrole nitrogens is 2. The number of rotatable bonds is 5. The number of benzene rings is 1. The molecule has 0 radical (unpaired) electrons. The minimum Gasteiger partial charge on any atom is -0.480 e. The van der Waals surface area contributed by atoms with E-state index < -0.39 is 29.5 Å². The van der Waals surface area contributed by atoms with E-state index in [1.54, 1.807) is 0 Å². The van der Waals surface area contributed by atoms with Crippen molar-refractivity contribution < 1.29 is 19.4 Å². The van der Waals surface area contributed by atoms with Gasteiger partial charge in [0.15, 0.2) is 5.78 Å². The van der Waals surface area contributed by atoms with Crippen LogP contribution in [0.15, 0.2) is 27.8 Å². The van der Waals surface area contributed by atoms with Crippen molar-refractivity contribution in [3.8, 4) is 0 Å². The molecule has 0 unspecified atom stereocenters. The number of carboxylic acid groups (broad SMARTS) is 1. The zero-order chi connectivity index (χ0) is 14.7. The molecule has 0 aliphatic rings. The fourth-order valence-corrected chi connectivity index (χ4v) is 1.60. The van der Waals surface area contributed by atoms with Crippen molar-refractivity contribution in [2.75, 3.05) is 13.2 Å². The summed E-state index contributed by atoms with van der Waals surface area (Å²) in [6.45, 7) is -0.950. The molecular formula is C12H10N2O6. The van der Waals surface area contributed by atoms with E-state index in [1.807, 2.05) is 0 Å². The molecule has 8 heteroatoms. The lowest BCUT2D eigenvalue weighted by Crippen LogP contribution is -2.29. The van der Waals surface area contributed by atoms with Gasteiger partial charge in [-0.15, -0.1) is 0 Å². The molecule has 0 bridgehead atoms. The quantitative estimate of drug-likeness (QED) is 0.499. The lowest BCUT2D eigenvalue weighted by molar-refractivity contribution is -0.141. The Bertz CT molecular complexity index is 788. The number of carboxylic acids is 1. The van der Waals surface area contributed by atoms with E-state index >= 15 is 0 Å². The molecule has 1 aromatic carbocycles. The number of ether oxygens (including phenoxy) is 1.